The van der Waals surface area contributed by atoms with Crippen LogP contribution in [0.15, 0.2) is 54.6 Å². The number of carbonyl (C=O) groups is 3. The summed E-state index contributed by atoms with van der Waals surface area (Å²) in [4.78, 5) is 38.4. The summed E-state index contributed by atoms with van der Waals surface area (Å²) in [6.45, 7) is 0.671. The van der Waals surface area contributed by atoms with E-state index < -0.39 is 33.8 Å². The Balaban J connectivity index is 1.68. The van der Waals surface area contributed by atoms with E-state index in [4.69, 9.17) is 5.11 Å². The summed E-state index contributed by atoms with van der Waals surface area (Å²) < 4.78 is 24.7. The van der Waals surface area contributed by atoms with Crippen molar-refractivity contribution >= 4 is 27.8 Å². The molecule has 2 aromatic carbocycles. The summed E-state index contributed by atoms with van der Waals surface area (Å²) in [6, 6.07) is 15.6. The molecular formula is C23H27N3O6S. The van der Waals surface area contributed by atoms with E-state index in [0.717, 1.165) is 17.4 Å². The summed E-state index contributed by atoms with van der Waals surface area (Å²) >= 11 is 0. The van der Waals surface area contributed by atoms with Crippen LogP contribution in [0.1, 0.15) is 23.2 Å². The first-order valence-corrected chi connectivity index (χ1v) is 12.4. The van der Waals surface area contributed by atoms with Gasteiger partial charge in [0.15, 0.2) is 0 Å². The highest BCUT2D eigenvalue weighted by Gasteiger charge is 2.31. The fourth-order valence-corrected chi connectivity index (χ4v) is 4.50. The maximum Gasteiger partial charge on any atom is 0.303 e. The number of nitrogens with zero attached hydrogens (tertiary/aromatic N) is 2. The third-order valence-corrected chi connectivity index (χ3v) is 6.83. The minimum atomic E-state index is -3.35. The lowest BCUT2D eigenvalue weighted by molar-refractivity contribution is -0.138. The van der Waals surface area contributed by atoms with E-state index in [0.29, 0.717) is 5.56 Å². The number of hydrogen-bond acceptors (Lipinski definition) is 5. The molecule has 176 valence electrons. The number of aliphatic carboxylic acids is 1. The molecule has 2 N–H and O–H groups in total. The van der Waals surface area contributed by atoms with E-state index >= 15 is 0 Å². The summed E-state index contributed by atoms with van der Waals surface area (Å²) in [5.74, 6) is -1.97. The Morgan fingerprint density at radius 1 is 0.939 bits per heavy atom. The molecule has 1 saturated heterocycles. The van der Waals surface area contributed by atoms with Crippen molar-refractivity contribution in [2.45, 2.75) is 18.9 Å². The van der Waals surface area contributed by atoms with Crippen molar-refractivity contribution in [3.8, 4) is 11.1 Å². The highest BCUT2D eigenvalue weighted by Crippen LogP contribution is 2.19. The molecule has 2 amide bonds. The molecule has 0 radical (unpaired) electrons. The fourth-order valence-electron chi connectivity index (χ4n) is 3.67. The molecule has 1 unspecified atom stereocenters. The van der Waals surface area contributed by atoms with Gasteiger partial charge in [0.25, 0.3) is 5.91 Å². The monoisotopic (exact) mass is 473 g/mol. The number of piperazine rings is 1. The Hall–Kier alpha value is -3.24. The van der Waals surface area contributed by atoms with Crippen molar-refractivity contribution in [3.05, 3.63) is 60.2 Å². The highest BCUT2D eigenvalue weighted by atomic mass is 32.2. The van der Waals surface area contributed by atoms with E-state index in [1.54, 1.807) is 12.1 Å². The topological polar surface area (TPSA) is 124 Å². The molecule has 0 saturated carbocycles. The molecule has 1 heterocycles. The van der Waals surface area contributed by atoms with Crippen LogP contribution in [0.5, 0.6) is 0 Å². The zero-order valence-corrected chi connectivity index (χ0v) is 19.1. The maximum atomic E-state index is 13.0. The van der Waals surface area contributed by atoms with Crippen LogP contribution in [0.3, 0.4) is 0 Å². The number of amides is 2. The molecular weight excluding hydrogens is 446 g/mol. The second kappa shape index (κ2) is 10.6. The molecule has 2 aromatic rings. The van der Waals surface area contributed by atoms with Gasteiger partial charge < -0.3 is 15.3 Å². The van der Waals surface area contributed by atoms with Gasteiger partial charge in [-0.25, -0.2) is 8.42 Å². The van der Waals surface area contributed by atoms with Gasteiger partial charge in [0.2, 0.25) is 15.9 Å². The first kappa shape index (κ1) is 24.4. The van der Waals surface area contributed by atoms with Gasteiger partial charge in [0, 0.05) is 38.2 Å². The smallest absolute Gasteiger partial charge is 0.303 e. The molecule has 1 aliphatic rings. The predicted octanol–water partition coefficient (Wildman–Crippen LogP) is 1.42. The first-order chi connectivity index (χ1) is 15.6. The molecule has 0 aliphatic carbocycles. The number of benzene rings is 2. The minimum absolute atomic E-state index is 0.0612. The van der Waals surface area contributed by atoms with Crippen LogP contribution >= 0.6 is 0 Å². The Kier molecular flexibility index (Phi) is 7.83. The number of nitrogens with one attached hydrogen (secondary N) is 1. The van der Waals surface area contributed by atoms with Gasteiger partial charge in [-0.2, -0.15) is 4.31 Å². The van der Waals surface area contributed by atoms with Crippen molar-refractivity contribution in [3.63, 3.8) is 0 Å². The van der Waals surface area contributed by atoms with E-state index in [-0.39, 0.29) is 39.0 Å². The molecule has 0 aromatic heterocycles. The van der Waals surface area contributed by atoms with Gasteiger partial charge in [0.05, 0.1) is 6.26 Å². The molecule has 3 rings (SSSR count). The predicted molar refractivity (Wildman–Crippen MR) is 123 cm³/mol. The van der Waals surface area contributed by atoms with E-state index in [9.17, 15) is 22.8 Å². The number of carboxylic acids is 1. The Bertz CT molecular complexity index is 1090. The minimum Gasteiger partial charge on any atom is -0.481 e. The molecule has 1 atom stereocenters. The van der Waals surface area contributed by atoms with Gasteiger partial charge in [-0.1, -0.05) is 42.5 Å². The summed E-state index contributed by atoms with van der Waals surface area (Å²) in [5, 5.41) is 11.7. The van der Waals surface area contributed by atoms with Crippen LogP contribution in [-0.4, -0.2) is 79.0 Å². The van der Waals surface area contributed by atoms with E-state index in [2.05, 4.69) is 5.32 Å². The highest BCUT2D eigenvalue weighted by molar-refractivity contribution is 7.88. The van der Waals surface area contributed by atoms with Crippen LogP contribution in [-0.2, 0) is 19.6 Å². The summed E-state index contributed by atoms with van der Waals surface area (Å²) in [7, 11) is -3.35. The lowest BCUT2D eigenvalue weighted by Crippen LogP contribution is -2.55. The molecule has 0 bridgehead atoms. The standard InChI is InChI=1S/C23H27N3O6S/c1-33(31,32)26-15-13-25(14-16-26)23(30)20(11-12-21(27)28)24-22(29)19-9-7-18(8-10-19)17-5-3-2-4-6-17/h2-10,20H,11-16H2,1H3,(H,24,29)(H,27,28). The normalized spacial score (nSPS) is 15.6. The van der Waals surface area contributed by atoms with Crippen molar-refractivity contribution < 1.29 is 27.9 Å². The first-order valence-electron chi connectivity index (χ1n) is 10.6. The third-order valence-electron chi connectivity index (χ3n) is 5.52. The quantitative estimate of drug-likeness (QED) is 0.598. The zero-order chi connectivity index (χ0) is 24.0. The Morgan fingerprint density at radius 3 is 2.06 bits per heavy atom. The van der Waals surface area contributed by atoms with Crippen molar-refractivity contribution in [2.75, 3.05) is 32.4 Å². The van der Waals surface area contributed by atoms with Gasteiger partial charge in [0.1, 0.15) is 6.04 Å². The maximum absolute atomic E-state index is 13.0. The van der Waals surface area contributed by atoms with Crippen LogP contribution in [0, 0.1) is 0 Å². The van der Waals surface area contributed by atoms with Gasteiger partial charge in [-0.15, -0.1) is 0 Å². The molecule has 9 nitrogen and oxygen atoms in total. The molecule has 1 fully saturated rings. The Morgan fingerprint density at radius 2 is 1.52 bits per heavy atom. The van der Waals surface area contributed by atoms with Crippen LogP contribution in [0.25, 0.3) is 11.1 Å². The number of hydrogen-bond donors (Lipinski definition) is 2. The number of carbonyl (C=O) groups excluding carboxylic acids is 2. The number of rotatable bonds is 8. The lowest BCUT2D eigenvalue weighted by Gasteiger charge is -2.35. The van der Waals surface area contributed by atoms with Gasteiger partial charge in [-0.3, -0.25) is 14.4 Å². The van der Waals surface area contributed by atoms with Gasteiger partial charge in [-0.05, 0) is 29.7 Å². The van der Waals surface area contributed by atoms with Crippen LogP contribution in [0.4, 0.5) is 0 Å². The summed E-state index contributed by atoms with van der Waals surface area (Å²) in [6.07, 6.45) is 0.769. The lowest BCUT2D eigenvalue weighted by atomic mass is 10.0. The average Bonchev–Trinajstić information content (AvgIpc) is 2.81. The molecule has 1 aliphatic heterocycles. The molecule has 0 spiro atoms. The van der Waals surface area contributed by atoms with E-state index in [1.807, 2.05) is 42.5 Å². The molecule has 10 heteroatoms. The second-order valence-electron chi connectivity index (χ2n) is 7.89. The number of sulfonamides is 1. The van der Waals surface area contributed by atoms with Crippen molar-refractivity contribution in [1.29, 1.82) is 0 Å². The van der Waals surface area contributed by atoms with Crippen molar-refractivity contribution in [1.82, 2.24) is 14.5 Å². The van der Waals surface area contributed by atoms with E-state index in [1.165, 1.54) is 9.21 Å². The molecule has 33 heavy (non-hydrogen) atoms. The SMILES string of the molecule is CS(=O)(=O)N1CCN(C(=O)C(CCC(=O)O)NC(=O)c2ccc(-c3ccccc3)cc2)CC1. The average molecular weight is 474 g/mol. The fraction of sp³-hybridized carbons (Fsp3) is 0.348. The Labute approximate surface area is 193 Å². The van der Waals surface area contributed by atoms with Crippen LogP contribution in [0.2, 0.25) is 0 Å². The van der Waals surface area contributed by atoms with Crippen molar-refractivity contribution in [2.24, 2.45) is 0 Å². The number of carboxylic acid groups (broad SMARTS) is 1. The largest absolute Gasteiger partial charge is 0.481 e. The second-order valence-corrected chi connectivity index (χ2v) is 9.87. The summed E-state index contributed by atoms with van der Waals surface area (Å²) in [5.41, 5.74) is 2.30. The third kappa shape index (κ3) is 6.62. The van der Waals surface area contributed by atoms with Crippen LogP contribution < -0.4 is 5.32 Å². The zero-order valence-electron chi connectivity index (χ0n) is 18.3. The van der Waals surface area contributed by atoms with Gasteiger partial charge >= 0.3 is 5.97 Å².